The van der Waals surface area contributed by atoms with Crippen molar-refractivity contribution in [3.05, 3.63) is 88.2 Å². The number of benzene rings is 3. The maximum absolute atomic E-state index is 14.8. The Morgan fingerprint density at radius 3 is 2.16 bits per heavy atom. The molecule has 3 aromatic carbocycles. The molecule has 5 rings (SSSR count). The molecule has 2 atom stereocenters. The van der Waals surface area contributed by atoms with Gasteiger partial charge in [-0.25, -0.2) is 22.0 Å². The van der Waals surface area contributed by atoms with Gasteiger partial charge in [0.2, 0.25) is 5.82 Å². The van der Waals surface area contributed by atoms with Crippen molar-refractivity contribution in [3.8, 4) is 17.2 Å². The Bertz CT molecular complexity index is 1250. The molecular formula is C28H26F5NO3. The van der Waals surface area contributed by atoms with Crippen molar-refractivity contribution in [2.45, 2.75) is 31.1 Å². The Balaban J connectivity index is 1.46. The summed E-state index contributed by atoms with van der Waals surface area (Å²) in [4.78, 5) is 2.35. The molecule has 0 radical (unpaired) electrons. The van der Waals surface area contributed by atoms with Gasteiger partial charge in [-0.05, 0) is 49.7 Å². The lowest BCUT2D eigenvalue weighted by Gasteiger charge is -2.35. The number of hydrogen-bond acceptors (Lipinski definition) is 4. The number of hydrogen-bond donors (Lipinski definition) is 1. The lowest BCUT2D eigenvalue weighted by molar-refractivity contribution is 0.183. The lowest BCUT2D eigenvalue weighted by atomic mass is 9.75. The monoisotopic (exact) mass is 519 g/mol. The Labute approximate surface area is 211 Å². The molecule has 2 heterocycles. The number of halogens is 5. The molecule has 1 saturated heterocycles. The number of likely N-dealkylation sites (tertiary alicyclic amines) is 1. The highest BCUT2D eigenvalue weighted by Gasteiger charge is 2.39. The fourth-order valence-corrected chi connectivity index (χ4v) is 5.25. The molecule has 196 valence electrons. The van der Waals surface area contributed by atoms with E-state index in [-0.39, 0.29) is 18.1 Å². The summed E-state index contributed by atoms with van der Waals surface area (Å²) in [6, 6.07) is 11.1. The van der Waals surface area contributed by atoms with Crippen molar-refractivity contribution in [3.63, 3.8) is 0 Å². The number of piperidine rings is 1. The van der Waals surface area contributed by atoms with E-state index >= 15 is 0 Å². The number of nitrogens with zero attached hydrogens (tertiary/aromatic N) is 1. The van der Waals surface area contributed by atoms with Gasteiger partial charge in [-0.1, -0.05) is 24.6 Å². The SMILES string of the molecule is Oc1ccc2c(c1)OCC(c1c(F)c(F)c(F)c(F)c1F)C2c1ccc(OCCN2CCCCC2)cc1. The zero-order valence-electron chi connectivity index (χ0n) is 20.0. The van der Waals surface area contributed by atoms with Gasteiger partial charge in [0.15, 0.2) is 23.3 Å². The molecule has 0 spiro atoms. The van der Waals surface area contributed by atoms with Crippen LogP contribution in [0.4, 0.5) is 22.0 Å². The Kier molecular flexibility index (Phi) is 7.24. The van der Waals surface area contributed by atoms with Crippen molar-refractivity contribution in [2.24, 2.45) is 0 Å². The number of ether oxygens (including phenoxy) is 2. The van der Waals surface area contributed by atoms with E-state index in [4.69, 9.17) is 9.47 Å². The van der Waals surface area contributed by atoms with E-state index in [1.54, 1.807) is 24.3 Å². The van der Waals surface area contributed by atoms with Crippen LogP contribution in [0, 0.1) is 29.1 Å². The van der Waals surface area contributed by atoms with E-state index in [1.807, 2.05) is 0 Å². The summed E-state index contributed by atoms with van der Waals surface area (Å²) in [5.74, 6) is -11.2. The van der Waals surface area contributed by atoms with Gasteiger partial charge in [0.25, 0.3) is 0 Å². The summed E-state index contributed by atoms with van der Waals surface area (Å²) in [5.41, 5.74) is 0.103. The standard InChI is InChI=1S/C28H26F5NO3/c29-24-23(25(30)27(32)28(33)26(24)31)20-15-37-21-14-17(35)6-9-19(21)22(20)16-4-7-18(8-5-16)36-13-12-34-10-2-1-3-11-34/h4-9,14,20,22,35H,1-3,10-13,15H2. The minimum absolute atomic E-state index is 0.0790. The van der Waals surface area contributed by atoms with E-state index in [1.165, 1.54) is 37.5 Å². The van der Waals surface area contributed by atoms with Gasteiger partial charge in [0, 0.05) is 35.6 Å². The average molecular weight is 520 g/mol. The molecule has 3 aromatic rings. The molecule has 9 heteroatoms. The fraction of sp³-hybridized carbons (Fsp3) is 0.357. The minimum atomic E-state index is -2.21. The van der Waals surface area contributed by atoms with Gasteiger partial charge in [-0.15, -0.1) is 0 Å². The second-order valence-corrected chi connectivity index (χ2v) is 9.42. The summed E-state index contributed by atoms with van der Waals surface area (Å²) in [5, 5.41) is 9.87. The predicted molar refractivity (Wildman–Crippen MR) is 127 cm³/mol. The van der Waals surface area contributed by atoms with E-state index < -0.39 is 46.5 Å². The molecule has 0 saturated carbocycles. The van der Waals surface area contributed by atoms with Crippen LogP contribution in [-0.2, 0) is 0 Å². The summed E-state index contributed by atoms with van der Waals surface area (Å²) in [7, 11) is 0. The first-order valence-electron chi connectivity index (χ1n) is 12.3. The number of phenolic OH excluding ortho intramolecular Hbond substituents is 1. The number of phenols is 1. The van der Waals surface area contributed by atoms with Crippen molar-refractivity contribution >= 4 is 0 Å². The minimum Gasteiger partial charge on any atom is -0.508 e. The second-order valence-electron chi connectivity index (χ2n) is 9.42. The van der Waals surface area contributed by atoms with E-state index in [0.717, 1.165) is 19.6 Å². The predicted octanol–water partition coefficient (Wildman–Crippen LogP) is 6.26. The third-order valence-corrected chi connectivity index (χ3v) is 7.13. The van der Waals surface area contributed by atoms with Crippen LogP contribution in [0.2, 0.25) is 0 Å². The van der Waals surface area contributed by atoms with Crippen LogP contribution >= 0.6 is 0 Å². The molecule has 1 N–H and O–H groups in total. The lowest BCUT2D eigenvalue weighted by Crippen LogP contribution is -2.33. The average Bonchev–Trinajstić information content (AvgIpc) is 2.92. The van der Waals surface area contributed by atoms with Crippen LogP contribution in [0.3, 0.4) is 0 Å². The fourth-order valence-electron chi connectivity index (χ4n) is 5.25. The maximum atomic E-state index is 14.8. The van der Waals surface area contributed by atoms with E-state index in [2.05, 4.69) is 4.90 Å². The van der Waals surface area contributed by atoms with E-state index in [0.29, 0.717) is 23.5 Å². The smallest absolute Gasteiger partial charge is 0.200 e. The number of fused-ring (bicyclic) bond motifs is 1. The highest BCUT2D eigenvalue weighted by molar-refractivity contribution is 5.51. The summed E-state index contributed by atoms with van der Waals surface area (Å²) in [6.07, 6.45) is 3.62. The van der Waals surface area contributed by atoms with Crippen molar-refractivity contribution < 1.29 is 36.5 Å². The molecule has 4 nitrogen and oxygen atoms in total. The van der Waals surface area contributed by atoms with Gasteiger partial charge in [0.1, 0.15) is 23.9 Å². The molecule has 0 amide bonds. The first-order chi connectivity index (χ1) is 17.8. The van der Waals surface area contributed by atoms with Gasteiger partial charge < -0.3 is 14.6 Å². The van der Waals surface area contributed by atoms with Crippen LogP contribution < -0.4 is 9.47 Å². The molecule has 2 aliphatic heterocycles. The van der Waals surface area contributed by atoms with Gasteiger partial charge in [-0.2, -0.15) is 0 Å². The second kappa shape index (κ2) is 10.6. The molecule has 37 heavy (non-hydrogen) atoms. The van der Waals surface area contributed by atoms with Crippen molar-refractivity contribution in [1.82, 2.24) is 4.90 Å². The van der Waals surface area contributed by atoms with Crippen LogP contribution in [0.5, 0.6) is 17.2 Å². The van der Waals surface area contributed by atoms with E-state index in [9.17, 15) is 27.1 Å². The third kappa shape index (κ3) is 4.97. The Morgan fingerprint density at radius 1 is 0.838 bits per heavy atom. The summed E-state index contributed by atoms with van der Waals surface area (Å²) in [6.45, 7) is 3.07. The van der Waals surface area contributed by atoms with Gasteiger partial charge in [-0.3, -0.25) is 4.90 Å². The summed E-state index contributed by atoms with van der Waals surface area (Å²) >= 11 is 0. The molecule has 0 aromatic heterocycles. The van der Waals surface area contributed by atoms with Crippen molar-refractivity contribution in [2.75, 3.05) is 32.8 Å². The van der Waals surface area contributed by atoms with Crippen LogP contribution in [0.25, 0.3) is 0 Å². The molecule has 2 aliphatic rings. The van der Waals surface area contributed by atoms with Gasteiger partial charge >= 0.3 is 0 Å². The molecule has 1 fully saturated rings. The van der Waals surface area contributed by atoms with Crippen molar-refractivity contribution in [1.29, 1.82) is 0 Å². The first-order valence-corrected chi connectivity index (χ1v) is 12.3. The molecule has 0 aliphatic carbocycles. The first kappa shape index (κ1) is 25.3. The number of rotatable bonds is 6. The third-order valence-electron chi connectivity index (χ3n) is 7.13. The molecule has 0 bridgehead atoms. The quantitative estimate of drug-likeness (QED) is 0.237. The van der Waals surface area contributed by atoms with Crippen LogP contribution in [0.1, 0.15) is 47.8 Å². The highest BCUT2D eigenvalue weighted by atomic mass is 19.2. The molecule has 2 unspecified atom stereocenters. The Hall–Kier alpha value is -3.33. The topological polar surface area (TPSA) is 41.9 Å². The zero-order valence-corrected chi connectivity index (χ0v) is 20.0. The molecular weight excluding hydrogens is 493 g/mol. The van der Waals surface area contributed by atoms with Gasteiger partial charge in [0.05, 0.1) is 6.61 Å². The van der Waals surface area contributed by atoms with Crippen LogP contribution in [0.15, 0.2) is 42.5 Å². The normalized spacial score (nSPS) is 19.8. The zero-order chi connectivity index (χ0) is 26.1. The highest BCUT2D eigenvalue weighted by Crippen LogP contribution is 2.48. The summed E-state index contributed by atoms with van der Waals surface area (Å²) < 4.78 is 83.1. The Morgan fingerprint density at radius 2 is 1.49 bits per heavy atom. The number of aromatic hydroxyl groups is 1. The van der Waals surface area contributed by atoms with Crippen LogP contribution in [-0.4, -0.2) is 42.9 Å². The maximum Gasteiger partial charge on any atom is 0.200 e. The largest absolute Gasteiger partial charge is 0.508 e.